The second-order valence-electron chi connectivity index (χ2n) is 7.64. The molecule has 112 valence electrons. The van der Waals surface area contributed by atoms with Crippen LogP contribution in [0.2, 0.25) is 0 Å². The molecule has 20 heavy (non-hydrogen) atoms. The zero-order valence-electron chi connectivity index (χ0n) is 14.3. The zero-order chi connectivity index (χ0) is 15.1. The van der Waals surface area contributed by atoms with E-state index in [0.29, 0.717) is 22.8 Å². The Labute approximate surface area is 125 Å². The largest absolute Gasteiger partial charge is 0.310 e. The van der Waals surface area contributed by atoms with E-state index in [1.807, 2.05) is 0 Å². The van der Waals surface area contributed by atoms with Gasteiger partial charge in [-0.05, 0) is 60.3 Å². The molecule has 1 atom stereocenters. The summed E-state index contributed by atoms with van der Waals surface area (Å²) in [5.41, 5.74) is 5.19. The second-order valence-corrected chi connectivity index (χ2v) is 7.64. The molecule has 0 aromatic heterocycles. The van der Waals surface area contributed by atoms with Crippen molar-refractivity contribution in [3.05, 3.63) is 34.9 Å². The first-order valence-corrected chi connectivity index (χ1v) is 8.04. The normalized spacial score (nSPS) is 21.8. The standard InChI is InChI=1S/C19H31N/c1-8-12-20-16(17-18(4,5)19(17,6)7)15-11-9-10-13(2)14(15)3/h9-11,16-17,20H,8,12H2,1-7H3. The average Bonchev–Trinajstić information content (AvgIpc) is 2.77. The van der Waals surface area contributed by atoms with Gasteiger partial charge in [-0.25, -0.2) is 0 Å². The maximum atomic E-state index is 3.83. The van der Waals surface area contributed by atoms with E-state index in [1.54, 1.807) is 0 Å². The van der Waals surface area contributed by atoms with Crippen molar-refractivity contribution >= 4 is 0 Å². The van der Waals surface area contributed by atoms with Crippen molar-refractivity contribution < 1.29 is 0 Å². The summed E-state index contributed by atoms with van der Waals surface area (Å²) >= 11 is 0. The second kappa shape index (κ2) is 5.18. The highest BCUT2D eigenvalue weighted by Crippen LogP contribution is 2.72. The van der Waals surface area contributed by atoms with E-state index in [1.165, 1.54) is 23.1 Å². The molecule has 1 aliphatic rings. The lowest BCUT2D eigenvalue weighted by Crippen LogP contribution is -2.27. The van der Waals surface area contributed by atoms with Crippen LogP contribution in [-0.4, -0.2) is 6.54 Å². The molecule has 0 saturated heterocycles. The Bertz CT molecular complexity index is 471. The van der Waals surface area contributed by atoms with Crippen LogP contribution in [0.3, 0.4) is 0 Å². The van der Waals surface area contributed by atoms with Gasteiger partial charge < -0.3 is 5.32 Å². The lowest BCUT2D eigenvalue weighted by molar-refractivity contribution is 0.408. The molecule has 0 spiro atoms. The summed E-state index contributed by atoms with van der Waals surface area (Å²) in [7, 11) is 0. The predicted octanol–water partition coefficient (Wildman–Crippen LogP) is 5.03. The van der Waals surface area contributed by atoms with Gasteiger partial charge in [-0.3, -0.25) is 0 Å². The zero-order valence-corrected chi connectivity index (χ0v) is 14.3. The Balaban J connectivity index is 2.37. The fourth-order valence-electron chi connectivity index (χ4n) is 3.90. The van der Waals surface area contributed by atoms with Crippen LogP contribution in [0.4, 0.5) is 0 Å². The topological polar surface area (TPSA) is 12.0 Å². The van der Waals surface area contributed by atoms with E-state index in [2.05, 4.69) is 72.0 Å². The van der Waals surface area contributed by atoms with Gasteiger partial charge in [0.25, 0.3) is 0 Å². The molecule has 0 radical (unpaired) electrons. The van der Waals surface area contributed by atoms with E-state index in [0.717, 1.165) is 6.54 Å². The maximum Gasteiger partial charge on any atom is 0.0362 e. The first-order valence-electron chi connectivity index (χ1n) is 8.04. The van der Waals surface area contributed by atoms with E-state index >= 15 is 0 Å². The van der Waals surface area contributed by atoms with Crippen molar-refractivity contribution in [1.29, 1.82) is 0 Å². The van der Waals surface area contributed by atoms with Gasteiger partial charge in [-0.15, -0.1) is 0 Å². The molecule has 1 fully saturated rings. The van der Waals surface area contributed by atoms with Crippen LogP contribution in [0, 0.1) is 30.6 Å². The van der Waals surface area contributed by atoms with Crippen molar-refractivity contribution in [1.82, 2.24) is 5.32 Å². The quantitative estimate of drug-likeness (QED) is 0.793. The number of rotatable bonds is 5. The van der Waals surface area contributed by atoms with Gasteiger partial charge in [0, 0.05) is 6.04 Å². The molecule has 0 heterocycles. The van der Waals surface area contributed by atoms with Crippen LogP contribution in [-0.2, 0) is 0 Å². The molecular formula is C19H31N. The number of aryl methyl sites for hydroxylation is 1. The molecule has 1 nitrogen and oxygen atoms in total. The molecule has 0 aliphatic heterocycles. The third-order valence-corrected chi connectivity index (χ3v) is 6.06. The molecule has 1 N–H and O–H groups in total. The summed E-state index contributed by atoms with van der Waals surface area (Å²) in [5, 5.41) is 3.83. The first-order chi connectivity index (χ1) is 9.25. The van der Waals surface area contributed by atoms with E-state index in [4.69, 9.17) is 0 Å². The highest BCUT2D eigenvalue weighted by molar-refractivity contribution is 5.38. The van der Waals surface area contributed by atoms with Crippen LogP contribution >= 0.6 is 0 Å². The van der Waals surface area contributed by atoms with Crippen molar-refractivity contribution in [2.45, 2.75) is 60.9 Å². The Kier molecular flexibility index (Phi) is 4.03. The summed E-state index contributed by atoms with van der Waals surface area (Å²) in [5.74, 6) is 0.710. The van der Waals surface area contributed by atoms with E-state index in [9.17, 15) is 0 Å². The first kappa shape index (κ1) is 15.6. The lowest BCUT2D eigenvalue weighted by atomic mass is 9.91. The summed E-state index contributed by atoms with van der Waals surface area (Å²) in [6, 6.07) is 7.24. The molecule has 1 heteroatoms. The molecule has 1 aromatic rings. The van der Waals surface area contributed by atoms with E-state index in [-0.39, 0.29) is 0 Å². The summed E-state index contributed by atoms with van der Waals surface area (Å²) < 4.78 is 0. The number of benzene rings is 1. The Morgan fingerprint density at radius 3 is 2.20 bits per heavy atom. The highest BCUT2D eigenvalue weighted by Gasteiger charge is 2.67. The number of nitrogens with one attached hydrogen (secondary N) is 1. The predicted molar refractivity (Wildman–Crippen MR) is 88.0 cm³/mol. The Morgan fingerprint density at radius 2 is 1.70 bits per heavy atom. The minimum atomic E-state index is 0.411. The van der Waals surface area contributed by atoms with Gasteiger partial charge in [0.2, 0.25) is 0 Å². The Hall–Kier alpha value is -0.820. The van der Waals surface area contributed by atoms with Gasteiger partial charge in [-0.2, -0.15) is 0 Å². The van der Waals surface area contributed by atoms with Gasteiger partial charge in [0.15, 0.2) is 0 Å². The molecule has 1 aliphatic carbocycles. The minimum absolute atomic E-state index is 0.411. The van der Waals surface area contributed by atoms with Crippen molar-refractivity contribution in [2.75, 3.05) is 6.54 Å². The van der Waals surface area contributed by atoms with E-state index < -0.39 is 0 Å². The average molecular weight is 273 g/mol. The maximum absolute atomic E-state index is 3.83. The molecule has 0 bridgehead atoms. The van der Waals surface area contributed by atoms with Gasteiger partial charge in [0.05, 0.1) is 0 Å². The molecule has 1 saturated carbocycles. The lowest BCUT2D eigenvalue weighted by Gasteiger charge is -2.24. The van der Waals surface area contributed by atoms with Crippen LogP contribution in [0.5, 0.6) is 0 Å². The van der Waals surface area contributed by atoms with Gasteiger partial charge in [0.1, 0.15) is 0 Å². The Morgan fingerprint density at radius 1 is 1.10 bits per heavy atom. The molecule has 1 aromatic carbocycles. The van der Waals surface area contributed by atoms with Gasteiger partial charge >= 0.3 is 0 Å². The van der Waals surface area contributed by atoms with Crippen molar-refractivity contribution in [3.63, 3.8) is 0 Å². The number of hydrogen-bond acceptors (Lipinski definition) is 1. The summed E-state index contributed by atoms with van der Waals surface area (Å²) in [4.78, 5) is 0. The third kappa shape index (κ3) is 2.30. The summed E-state index contributed by atoms with van der Waals surface area (Å²) in [6.07, 6.45) is 1.19. The molecule has 1 unspecified atom stereocenters. The van der Waals surface area contributed by atoms with Crippen molar-refractivity contribution in [2.24, 2.45) is 16.7 Å². The molecule has 0 amide bonds. The third-order valence-electron chi connectivity index (χ3n) is 6.06. The fraction of sp³-hybridized carbons (Fsp3) is 0.684. The van der Waals surface area contributed by atoms with Crippen LogP contribution < -0.4 is 5.32 Å². The monoisotopic (exact) mass is 273 g/mol. The van der Waals surface area contributed by atoms with Crippen LogP contribution in [0.1, 0.15) is 63.8 Å². The van der Waals surface area contributed by atoms with Gasteiger partial charge in [-0.1, -0.05) is 52.8 Å². The summed E-state index contributed by atoms with van der Waals surface area (Å²) in [6.45, 7) is 17.5. The van der Waals surface area contributed by atoms with Crippen LogP contribution in [0.15, 0.2) is 18.2 Å². The molecule has 2 rings (SSSR count). The highest BCUT2D eigenvalue weighted by atomic mass is 15.0. The molecular weight excluding hydrogens is 242 g/mol. The van der Waals surface area contributed by atoms with Crippen LogP contribution in [0.25, 0.3) is 0 Å². The smallest absolute Gasteiger partial charge is 0.0362 e. The number of hydrogen-bond donors (Lipinski definition) is 1. The SMILES string of the molecule is CCCNC(c1cccc(C)c1C)C1C(C)(C)C1(C)C. The fourth-order valence-corrected chi connectivity index (χ4v) is 3.90. The minimum Gasteiger partial charge on any atom is -0.310 e. The van der Waals surface area contributed by atoms with Crippen molar-refractivity contribution in [3.8, 4) is 0 Å².